The Morgan fingerprint density at radius 2 is 2.00 bits per heavy atom. The van der Waals surface area contributed by atoms with Crippen molar-refractivity contribution in [2.24, 2.45) is 0 Å². The Morgan fingerprint density at radius 1 is 1.31 bits per heavy atom. The maximum absolute atomic E-state index is 10.2. The van der Waals surface area contributed by atoms with E-state index in [4.69, 9.17) is 5.11 Å². The molecule has 0 aliphatic rings. The van der Waals surface area contributed by atoms with E-state index in [1.807, 2.05) is 18.2 Å². The van der Waals surface area contributed by atoms with E-state index >= 15 is 0 Å². The zero-order valence-electron chi connectivity index (χ0n) is 6.50. The van der Waals surface area contributed by atoms with Crippen LogP contribution in [0.4, 0.5) is 0 Å². The van der Waals surface area contributed by atoms with Crippen LogP contribution < -0.4 is 0 Å². The summed E-state index contributed by atoms with van der Waals surface area (Å²) in [5.41, 5.74) is 0.909. The summed E-state index contributed by atoms with van der Waals surface area (Å²) in [7, 11) is 0. The Kier molecular flexibility index (Phi) is 4.17. The van der Waals surface area contributed by atoms with Crippen molar-refractivity contribution >= 4 is 57.2 Å². The molecule has 0 saturated carbocycles. The quantitative estimate of drug-likeness (QED) is 0.613. The normalized spacial score (nSPS) is 10.6. The molecule has 1 aromatic carbocycles. The monoisotopic (exact) mass is 400 g/mol. The van der Waals surface area contributed by atoms with Gasteiger partial charge in [0.1, 0.15) is 0 Å². The van der Waals surface area contributed by atoms with Gasteiger partial charge in [0.2, 0.25) is 0 Å². The van der Waals surface area contributed by atoms with E-state index < -0.39 is 5.97 Å². The highest BCUT2D eigenvalue weighted by Gasteiger charge is 1.95. The topological polar surface area (TPSA) is 37.3 Å². The zero-order chi connectivity index (χ0) is 9.84. The lowest BCUT2D eigenvalue weighted by Gasteiger charge is -1.97. The van der Waals surface area contributed by atoms with Gasteiger partial charge >= 0.3 is 5.97 Å². The number of hydrogen-bond acceptors (Lipinski definition) is 1. The number of aliphatic carboxylic acids is 1. The minimum atomic E-state index is -0.923. The zero-order valence-corrected chi connectivity index (χ0v) is 10.8. The molecule has 0 radical (unpaired) electrons. The fraction of sp³-hybridized carbons (Fsp3) is 0. The van der Waals surface area contributed by atoms with E-state index in [9.17, 15) is 4.79 Å². The average molecular weight is 400 g/mol. The molecule has 0 fully saturated rings. The van der Waals surface area contributed by atoms with Crippen molar-refractivity contribution < 1.29 is 9.90 Å². The predicted octanol–water partition coefficient (Wildman–Crippen LogP) is 2.99. The SMILES string of the molecule is O=C(O)/C=C/c1ccc(I)c(I)c1. The Morgan fingerprint density at radius 3 is 2.54 bits per heavy atom. The van der Waals surface area contributed by atoms with Gasteiger partial charge in [-0.2, -0.15) is 0 Å². The van der Waals surface area contributed by atoms with Crippen LogP contribution in [0.25, 0.3) is 6.08 Å². The first-order valence-electron chi connectivity index (χ1n) is 3.45. The van der Waals surface area contributed by atoms with Crippen LogP contribution in [-0.4, -0.2) is 11.1 Å². The van der Waals surface area contributed by atoms with Gasteiger partial charge in [-0.3, -0.25) is 0 Å². The molecule has 4 heteroatoms. The molecule has 0 aromatic heterocycles. The van der Waals surface area contributed by atoms with Crippen molar-refractivity contribution in [3.8, 4) is 0 Å². The summed E-state index contributed by atoms with van der Waals surface area (Å²) < 4.78 is 2.30. The first-order valence-corrected chi connectivity index (χ1v) is 5.61. The summed E-state index contributed by atoms with van der Waals surface area (Å²) in [5, 5.41) is 8.41. The lowest BCUT2D eigenvalue weighted by Crippen LogP contribution is -1.86. The molecule has 13 heavy (non-hydrogen) atoms. The Labute approximate surface area is 103 Å². The third kappa shape index (κ3) is 3.63. The standard InChI is InChI=1S/C9H6I2O2/c10-7-3-1-6(5-8(7)11)2-4-9(12)13/h1-5H,(H,12,13)/b4-2+. The van der Waals surface area contributed by atoms with Crippen LogP contribution in [0.2, 0.25) is 0 Å². The number of hydrogen-bond donors (Lipinski definition) is 1. The number of carboxylic acid groups (broad SMARTS) is 1. The van der Waals surface area contributed by atoms with Gasteiger partial charge in [-0.05, 0) is 69.0 Å². The van der Waals surface area contributed by atoms with Crippen LogP contribution in [0.5, 0.6) is 0 Å². The molecule has 0 unspecified atom stereocenters. The number of benzene rings is 1. The molecule has 1 N–H and O–H groups in total. The number of halogens is 2. The van der Waals surface area contributed by atoms with Gasteiger partial charge in [0, 0.05) is 13.2 Å². The summed E-state index contributed by atoms with van der Waals surface area (Å²) in [4.78, 5) is 10.2. The van der Waals surface area contributed by atoms with Crippen molar-refractivity contribution in [2.75, 3.05) is 0 Å². The highest BCUT2D eigenvalue weighted by atomic mass is 127. The Hall–Kier alpha value is -0.110. The summed E-state index contributed by atoms with van der Waals surface area (Å²) in [6, 6.07) is 5.80. The van der Waals surface area contributed by atoms with Crippen LogP contribution in [0.15, 0.2) is 24.3 Å². The van der Waals surface area contributed by atoms with Gasteiger partial charge in [0.15, 0.2) is 0 Å². The Balaban J connectivity index is 2.92. The molecule has 68 valence electrons. The van der Waals surface area contributed by atoms with Gasteiger partial charge in [0.05, 0.1) is 0 Å². The molecule has 1 rings (SSSR count). The smallest absolute Gasteiger partial charge is 0.328 e. The van der Waals surface area contributed by atoms with Gasteiger partial charge in [-0.25, -0.2) is 4.79 Å². The fourth-order valence-electron chi connectivity index (χ4n) is 0.784. The molecule has 0 heterocycles. The molecule has 0 bridgehead atoms. The molecule has 1 aromatic rings. The van der Waals surface area contributed by atoms with Crippen molar-refractivity contribution in [1.82, 2.24) is 0 Å². The van der Waals surface area contributed by atoms with Crippen LogP contribution in [0.3, 0.4) is 0 Å². The van der Waals surface area contributed by atoms with E-state index in [1.165, 1.54) is 3.57 Å². The third-order valence-electron chi connectivity index (χ3n) is 1.36. The van der Waals surface area contributed by atoms with E-state index in [2.05, 4.69) is 45.2 Å². The van der Waals surface area contributed by atoms with E-state index in [-0.39, 0.29) is 0 Å². The van der Waals surface area contributed by atoms with Gasteiger partial charge in [0.25, 0.3) is 0 Å². The van der Waals surface area contributed by atoms with Crippen molar-refractivity contribution in [2.45, 2.75) is 0 Å². The minimum absolute atomic E-state index is 0.909. The summed E-state index contributed by atoms with van der Waals surface area (Å²) in [6.07, 6.45) is 2.72. The molecule has 0 spiro atoms. The molecule has 2 nitrogen and oxygen atoms in total. The number of rotatable bonds is 2. The van der Waals surface area contributed by atoms with Gasteiger partial charge in [-0.15, -0.1) is 0 Å². The molecule has 0 aliphatic carbocycles. The number of carboxylic acids is 1. The average Bonchev–Trinajstić information content (AvgIpc) is 2.07. The number of carbonyl (C=O) groups is 1. The first-order chi connectivity index (χ1) is 6.09. The van der Waals surface area contributed by atoms with Crippen molar-refractivity contribution in [3.63, 3.8) is 0 Å². The third-order valence-corrected chi connectivity index (χ3v) is 4.23. The Bertz CT molecular complexity index is 359. The molecule has 0 amide bonds. The van der Waals surface area contributed by atoms with Crippen molar-refractivity contribution in [3.05, 3.63) is 37.0 Å². The van der Waals surface area contributed by atoms with Crippen LogP contribution in [-0.2, 0) is 4.79 Å². The highest BCUT2D eigenvalue weighted by molar-refractivity contribution is 14.1. The van der Waals surface area contributed by atoms with E-state index in [0.717, 1.165) is 15.2 Å². The molecular formula is C9H6I2O2. The second kappa shape index (κ2) is 4.94. The predicted molar refractivity (Wildman–Crippen MR) is 68.5 cm³/mol. The van der Waals surface area contributed by atoms with Crippen LogP contribution in [0.1, 0.15) is 5.56 Å². The van der Waals surface area contributed by atoms with Crippen LogP contribution in [0, 0.1) is 7.14 Å². The van der Waals surface area contributed by atoms with Gasteiger partial charge in [-0.1, -0.05) is 6.07 Å². The van der Waals surface area contributed by atoms with Gasteiger partial charge < -0.3 is 5.11 Å². The molecular weight excluding hydrogens is 394 g/mol. The van der Waals surface area contributed by atoms with E-state index in [0.29, 0.717) is 0 Å². The first kappa shape index (κ1) is 11.0. The second-order valence-corrected chi connectivity index (χ2v) is 4.67. The van der Waals surface area contributed by atoms with E-state index in [1.54, 1.807) is 6.08 Å². The molecule has 0 atom stereocenters. The fourth-order valence-corrected chi connectivity index (χ4v) is 1.66. The maximum Gasteiger partial charge on any atom is 0.328 e. The second-order valence-electron chi connectivity index (χ2n) is 2.35. The maximum atomic E-state index is 10.2. The summed E-state index contributed by atoms with van der Waals surface area (Å²) >= 11 is 4.45. The summed E-state index contributed by atoms with van der Waals surface area (Å²) in [5.74, 6) is -0.923. The molecule has 0 aliphatic heterocycles. The molecule has 0 saturated heterocycles. The minimum Gasteiger partial charge on any atom is -0.478 e. The largest absolute Gasteiger partial charge is 0.478 e. The van der Waals surface area contributed by atoms with Crippen molar-refractivity contribution in [1.29, 1.82) is 0 Å². The lowest BCUT2D eigenvalue weighted by atomic mass is 10.2. The summed E-state index contributed by atoms with van der Waals surface area (Å²) in [6.45, 7) is 0. The van der Waals surface area contributed by atoms with Crippen LogP contribution >= 0.6 is 45.2 Å². The lowest BCUT2D eigenvalue weighted by molar-refractivity contribution is -0.131. The highest BCUT2D eigenvalue weighted by Crippen LogP contribution is 2.17.